The summed E-state index contributed by atoms with van der Waals surface area (Å²) in [4.78, 5) is 4.76. The predicted octanol–water partition coefficient (Wildman–Crippen LogP) is 5.95. The van der Waals surface area contributed by atoms with Crippen LogP contribution in [0.1, 0.15) is 12.6 Å². The van der Waals surface area contributed by atoms with Crippen molar-refractivity contribution in [2.24, 2.45) is 7.05 Å². The number of ether oxygens (including phenoxy) is 1. The van der Waals surface area contributed by atoms with E-state index in [1.807, 2.05) is 67.1 Å². The number of hydrogen-bond donors (Lipinski definition) is 0. The highest BCUT2D eigenvalue weighted by molar-refractivity contribution is 7.98. The topological polar surface area (TPSA) is 52.8 Å². The van der Waals surface area contributed by atoms with Crippen LogP contribution in [0.3, 0.4) is 0 Å². The number of hydrogen-bond acceptors (Lipinski definition) is 6. The Kier molecular flexibility index (Phi) is 6.18. The summed E-state index contributed by atoms with van der Waals surface area (Å²) in [6, 6.07) is 15.7. The minimum absolute atomic E-state index is 0.666. The molecule has 29 heavy (non-hydrogen) atoms. The molecule has 0 spiro atoms. The Morgan fingerprint density at radius 1 is 1.03 bits per heavy atom. The number of nitrogens with zero attached hydrogens (tertiary/aromatic N) is 4. The molecule has 0 aliphatic rings. The van der Waals surface area contributed by atoms with Gasteiger partial charge in [-0.05, 0) is 55.5 Å². The molecular formula is C21H19ClN4OS2. The van der Waals surface area contributed by atoms with Crippen LogP contribution in [-0.2, 0) is 12.8 Å². The van der Waals surface area contributed by atoms with E-state index in [0.717, 1.165) is 44.3 Å². The number of rotatable bonds is 7. The van der Waals surface area contributed by atoms with Gasteiger partial charge < -0.3 is 9.30 Å². The second-order valence-corrected chi connectivity index (χ2v) is 8.50. The van der Waals surface area contributed by atoms with Crippen LogP contribution in [0, 0.1) is 0 Å². The van der Waals surface area contributed by atoms with Crippen LogP contribution >= 0.6 is 34.7 Å². The van der Waals surface area contributed by atoms with E-state index in [2.05, 4.69) is 15.6 Å². The largest absolute Gasteiger partial charge is 0.494 e. The molecule has 0 saturated carbocycles. The molecule has 8 heteroatoms. The van der Waals surface area contributed by atoms with Crippen molar-refractivity contribution in [2.45, 2.75) is 17.8 Å². The zero-order valence-corrected chi connectivity index (χ0v) is 18.4. The van der Waals surface area contributed by atoms with Gasteiger partial charge in [0.15, 0.2) is 11.0 Å². The minimum atomic E-state index is 0.666. The summed E-state index contributed by atoms with van der Waals surface area (Å²) in [6.45, 7) is 2.65. The Balaban J connectivity index is 1.43. The molecule has 0 bridgehead atoms. The Morgan fingerprint density at radius 2 is 1.76 bits per heavy atom. The molecule has 2 heterocycles. The summed E-state index contributed by atoms with van der Waals surface area (Å²) in [5.74, 6) is 2.43. The van der Waals surface area contributed by atoms with E-state index in [-0.39, 0.29) is 0 Å². The first kappa shape index (κ1) is 19.9. The summed E-state index contributed by atoms with van der Waals surface area (Å²) in [5, 5.41) is 13.3. The maximum atomic E-state index is 5.97. The van der Waals surface area contributed by atoms with Gasteiger partial charge in [0.25, 0.3) is 0 Å². The number of thioether (sulfide) groups is 1. The van der Waals surface area contributed by atoms with Crippen molar-refractivity contribution in [1.82, 2.24) is 19.7 Å². The summed E-state index contributed by atoms with van der Waals surface area (Å²) in [7, 11) is 1.97. The zero-order valence-electron chi connectivity index (χ0n) is 16.0. The van der Waals surface area contributed by atoms with E-state index in [1.165, 1.54) is 0 Å². The average Bonchev–Trinajstić information content (AvgIpc) is 3.35. The van der Waals surface area contributed by atoms with Gasteiger partial charge in [-0.15, -0.1) is 21.5 Å². The van der Waals surface area contributed by atoms with Gasteiger partial charge in [-0.25, -0.2) is 4.98 Å². The highest BCUT2D eigenvalue weighted by Crippen LogP contribution is 2.30. The predicted molar refractivity (Wildman–Crippen MR) is 120 cm³/mol. The SMILES string of the molecule is CCOc1ccc(-c2nc(CSc3nnc(-c4ccc(Cl)cc4)n3C)cs2)cc1. The fourth-order valence-corrected chi connectivity index (χ4v) is 4.66. The molecule has 5 nitrogen and oxygen atoms in total. The molecule has 4 aromatic rings. The zero-order chi connectivity index (χ0) is 20.2. The molecule has 0 unspecified atom stereocenters. The molecule has 148 valence electrons. The number of halogens is 1. The van der Waals surface area contributed by atoms with Gasteiger partial charge in [-0.3, -0.25) is 0 Å². The first-order chi connectivity index (χ1) is 14.1. The van der Waals surface area contributed by atoms with Crippen molar-refractivity contribution in [1.29, 1.82) is 0 Å². The van der Waals surface area contributed by atoms with E-state index in [9.17, 15) is 0 Å². The van der Waals surface area contributed by atoms with Crippen molar-refractivity contribution in [3.8, 4) is 27.7 Å². The highest BCUT2D eigenvalue weighted by Gasteiger charge is 2.13. The van der Waals surface area contributed by atoms with Crippen molar-refractivity contribution >= 4 is 34.7 Å². The molecule has 4 rings (SSSR count). The van der Waals surface area contributed by atoms with Crippen molar-refractivity contribution in [3.05, 3.63) is 64.6 Å². The molecule has 0 amide bonds. The summed E-state index contributed by atoms with van der Waals surface area (Å²) in [6.07, 6.45) is 0. The third kappa shape index (κ3) is 4.63. The van der Waals surface area contributed by atoms with Crippen LogP contribution in [0.25, 0.3) is 22.0 Å². The van der Waals surface area contributed by atoms with E-state index >= 15 is 0 Å². The van der Waals surface area contributed by atoms with Gasteiger partial charge in [-0.1, -0.05) is 23.4 Å². The van der Waals surface area contributed by atoms with Crippen LogP contribution in [-0.4, -0.2) is 26.4 Å². The van der Waals surface area contributed by atoms with E-state index in [4.69, 9.17) is 21.3 Å². The molecule has 2 aromatic heterocycles. The fraction of sp³-hybridized carbons (Fsp3) is 0.190. The van der Waals surface area contributed by atoms with Crippen LogP contribution in [0.15, 0.2) is 59.1 Å². The summed E-state index contributed by atoms with van der Waals surface area (Å²) < 4.78 is 7.49. The Labute approximate surface area is 182 Å². The van der Waals surface area contributed by atoms with Gasteiger partial charge in [0, 0.05) is 34.3 Å². The Hall–Kier alpha value is -2.35. The summed E-state index contributed by atoms with van der Waals surface area (Å²) in [5.41, 5.74) is 3.11. The molecule has 0 fully saturated rings. The van der Waals surface area contributed by atoms with Crippen molar-refractivity contribution < 1.29 is 4.74 Å². The van der Waals surface area contributed by atoms with Gasteiger partial charge in [0.2, 0.25) is 0 Å². The monoisotopic (exact) mass is 442 g/mol. The maximum absolute atomic E-state index is 5.97. The van der Waals surface area contributed by atoms with E-state index < -0.39 is 0 Å². The first-order valence-electron chi connectivity index (χ1n) is 9.10. The lowest BCUT2D eigenvalue weighted by molar-refractivity contribution is 0.340. The molecule has 0 aliphatic carbocycles. The van der Waals surface area contributed by atoms with E-state index in [1.54, 1.807) is 23.1 Å². The quantitative estimate of drug-likeness (QED) is 0.331. The smallest absolute Gasteiger partial charge is 0.191 e. The molecule has 0 radical (unpaired) electrons. The second kappa shape index (κ2) is 8.98. The van der Waals surface area contributed by atoms with Crippen LogP contribution in [0.2, 0.25) is 5.02 Å². The maximum Gasteiger partial charge on any atom is 0.191 e. The van der Waals surface area contributed by atoms with Crippen LogP contribution in [0.5, 0.6) is 5.75 Å². The summed E-state index contributed by atoms with van der Waals surface area (Å²) >= 11 is 9.24. The molecule has 0 N–H and O–H groups in total. The van der Waals surface area contributed by atoms with Gasteiger partial charge in [0.1, 0.15) is 10.8 Å². The van der Waals surface area contributed by atoms with Gasteiger partial charge in [0.05, 0.1) is 12.3 Å². The molecule has 2 aromatic carbocycles. The normalized spacial score (nSPS) is 11.0. The molecular weight excluding hydrogens is 424 g/mol. The molecule has 0 atom stereocenters. The lowest BCUT2D eigenvalue weighted by atomic mass is 10.2. The fourth-order valence-electron chi connectivity index (χ4n) is 2.80. The Morgan fingerprint density at radius 3 is 2.48 bits per heavy atom. The highest BCUT2D eigenvalue weighted by atomic mass is 35.5. The van der Waals surface area contributed by atoms with E-state index in [0.29, 0.717) is 11.6 Å². The number of thiazole rings is 1. The Bertz CT molecular complexity index is 1090. The molecule has 0 aliphatic heterocycles. The van der Waals surface area contributed by atoms with Crippen LogP contribution in [0.4, 0.5) is 0 Å². The third-order valence-electron chi connectivity index (χ3n) is 4.25. The first-order valence-corrected chi connectivity index (χ1v) is 11.3. The number of benzene rings is 2. The van der Waals surface area contributed by atoms with Crippen molar-refractivity contribution in [2.75, 3.05) is 6.61 Å². The van der Waals surface area contributed by atoms with Crippen molar-refractivity contribution in [3.63, 3.8) is 0 Å². The number of aromatic nitrogens is 4. The molecule has 0 saturated heterocycles. The average molecular weight is 443 g/mol. The lowest BCUT2D eigenvalue weighted by Crippen LogP contribution is -1.95. The lowest BCUT2D eigenvalue weighted by Gasteiger charge is -2.03. The van der Waals surface area contributed by atoms with Crippen LogP contribution < -0.4 is 4.74 Å². The third-order valence-corrected chi connectivity index (χ3v) is 6.50. The van der Waals surface area contributed by atoms with Gasteiger partial charge in [-0.2, -0.15) is 0 Å². The minimum Gasteiger partial charge on any atom is -0.494 e. The van der Waals surface area contributed by atoms with Gasteiger partial charge >= 0.3 is 0 Å². The standard InChI is InChI=1S/C21H19ClN4OS2/c1-3-27-18-10-6-15(7-11-18)20-23-17(12-28-20)13-29-21-25-24-19(26(21)2)14-4-8-16(22)9-5-14/h4-12H,3,13H2,1-2H3. The second-order valence-electron chi connectivity index (χ2n) is 6.26.